The van der Waals surface area contributed by atoms with E-state index in [1.165, 1.54) is 0 Å². The first kappa shape index (κ1) is 6.99. The van der Waals surface area contributed by atoms with E-state index < -0.39 is 6.23 Å². The highest BCUT2D eigenvalue weighted by molar-refractivity contribution is 4.73. The molecule has 4 N–H and O–H groups in total. The summed E-state index contributed by atoms with van der Waals surface area (Å²) in [6.07, 6.45) is 2.72. The highest BCUT2D eigenvalue weighted by Gasteiger charge is 2.15. The quantitative estimate of drug-likeness (QED) is 0.410. The standard InChI is InChI=1S/C6H14N2O/c7-5-3-1-2-4-8-6(5)9/h5-6,8-9H,1-4,7H2/t5-,6+/m0/s1. The fraction of sp³-hybridized carbons (Fsp3) is 1.00. The summed E-state index contributed by atoms with van der Waals surface area (Å²) in [6.45, 7) is 0.898. The van der Waals surface area contributed by atoms with Crippen molar-refractivity contribution in [3.63, 3.8) is 0 Å². The number of aliphatic hydroxyl groups excluding tert-OH is 1. The molecule has 0 unspecified atom stereocenters. The fourth-order valence-electron chi connectivity index (χ4n) is 1.06. The van der Waals surface area contributed by atoms with Gasteiger partial charge >= 0.3 is 0 Å². The van der Waals surface area contributed by atoms with Gasteiger partial charge in [0.1, 0.15) is 6.23 Å². The number of rotatable bonds is 0. The molecule has 1 fully saturated rings. The van der Waals surface area contributed by atoms with Crippen molar-refractivity contribution in [3.8, 4) is 0 Å². The number of nitrogens with two attached hydrogens (primary N) is 1. The number of aliphatic hydroxyl groups is 1. The SMILES string of the molecule is N[C@H]1CCCCN[C@@H]1O. The first-order valence-electron chi connectivity index (χ1n) is 3.48. The molecule has 0 aromatic heterocycles. The third-order valence-corrected chi connectivity index (χ3v) is 1.72. The Hall–Kier alpha value is -0.120. The summed E-state index contributed by atoms with van der Waals surface area (Å²) < 4.78 is 0. The van der Waals surface area contributed by atoms with Crippen molar-refractivity contribution in [2.24, 2.45) is 5.73 Å². The van der Waals surface area contributed by atoms with Gasteiger partial charge < -0.3 is 10.8 Å². The molecule has 3 heteroatoms. The van der Waals surface area contributed by atoms with Crippen molar-refractivity contribution >= 4 is 0 Å². The Labute approximate surface area is 55.2 Å². The minimum Gasteiger partial charge on any atom is -0.377 e. The fourth-order valence-corrected chi connectivity index (χ4v) is 1.06. The lowest BCUT2D eigenvalue weighted by Gasteiger charge is -2.14. The van der Waals surface area contributed by atoms with Crippen molar-refractivity contribution in [1.29, 1.82) is 0 Å². The molecule has 1 rings (SSSR count). The van der Waals surface area contributed by atoms with Crippen LogP contribution in [0.4, 0.5) is 0 Å². The Bertz CT molecular complexity index is 77.1. The second-order valence-corrected chi connectivity index (χ2v) is 2.56. The van der Waals surface area contributed by atoms with Crippen LogP contribution < -0.4 is 11.1 Å². The van der Waals surface area contributed by atoms with E-state index >= 15 is 0 Å². The maximum absolute atomic E-state index is 9.12. The Kier molecular flexibility index (Phi) is 2.45. The van der Waals surface area contributed by atoms with Gasteiger partial charge in [0.15, 0.2) is 0 Å². The summed E-state index contributed by atoms with van der Waals surface area (Å²) in [5.41, 5.74) is 5.57. The number of hydrogen-bond acceptors (Lipinski definition) is 3. The zero-order chi connectivity index (χ0) is 6.69. The number of nitrogens with one attached hydrogen (secondary N) is 1. The smallest absolute Gasteiger partial charge is 0.120 e. The van der Waals surface area contributed by atoms with E-state index in [0.29, 0.717) is 0 Å². The summed E-state index contributed by atoms with van der Waals surface area (Å²) in [5, 5.41) is 12.0. The van der Waals surface area contributed by atoms with Crippen LogP contribution in [0.3, 0.4) is 0 Å². The van der Waals surface area contributed by atoms with Gasteiger partial charge in [-0.25, -0.2) is 0 Å². The highest BCUT2D eigenvalue weighted by atomic mass is 16.3. The molecule has 2 atom stereocenters. The topological polar surface area (TPSA) is 58.3 Å². The molecule has 1 aliphatic heterocycles. The molecule has 0 aromatic carbocycles. The molecule has 0 aromatic rings. The van der Waals surface area contributed by atoms with Crippen LogP contribution in [0, 0.1) is 0 Å². The van der Waals surface area contributed by atoms with Gasteiger partial charge in [-0.05, 0) is 19.4 Å². The van der Waals surface area contributed by atoms with E-state index in [1.807, 2.05) is 0 Å². The largest absolute Gasteiger partial charge is 0.377 e. The second kappa shape index (κ2) is 3.15. The summed E-state index contributed by atoms with van der Waals surface area (Å²) in [5.74, 6) is 0. The molecule has 0 amide bonds. The molecule has 54 valence electrons. The van der Waals surface area contributed by atoms with Gasteiger partial charge in [0.05, 0.1) is 0 Å². The van der Waals surface area contributed by atoms with Crippen molar-refractivity contribution in [1.82, 2.24) is 5.32 Å². The average molecular weight is 130 g/mol. The first-order chi connectivity index (χ1) is 4.30. The van der Waals surface area contributed by atoms with E-state index in [4.69, 9.17) is 10.8 Å². The van der Waals surface area contributed by atoms with Crippen LogP contribution in [0.15, 0.2) is 0 Å². The monoisotopic (exact) mass is 130 g/mol. The normalized spacial score (nSPS) is 38.0. The van der Waals surface area contributed by atoms with Gasteiger partial charge in [0.25, 0.3) is 0 Å². The summed E-state index contributed by atoms with van der Waals surface area (Å²) in [7, 11) is 0. The summed E-state index contributed by atoms with van der Waals surface area (Å²) in [6, 6.07) is -0.0625. The third-order valence-electron chi connectivity index (χ3n) is 1.72. The van der Waals surface area contributed by atoms with Gasteiger partial charge in [0.2, 0.25) is 0 Å². The van der Waals surface area contributed by atoms with Crippen LogP contribution in [-0.2, 0) is 0 Å². The van der Waals surface area contributed by atoms with E-state index in [1.54, 1.807) is 0 Å². The van der Waals surface area contributed by atoms with E-state index in [2.05, 4.69) is 5.32 Å². The maximum atomic E-state index is 9.12. The molecular formula is C6H14N2O. The summed E-state index contributed by atoms with van der Waals surface area (Å²) in [4.78, 5) is 0. The van der Waals surface area contributed by atoms with Crippen molar-refractivity contribution < 1.29 is 5.11 Å². The van der Waals surface area contributed by atoms with Crippen LogP contribution in [0.25, 0.3) is 0 Å². The molecule has 0 spiro atoms. The maximum Gasteiger partial charge on any atom is 0.120 e. The van der Waals surface area contributed by atoms with Crippen LogP contribution in [-0.4, -0.2) is 23.9 Å². The highest BCUT2D eigenvalue weighted by Crippen LogP contribution is 2.04. The molecule has 0 aliphatic carbocycles. The van der Waals surface area contributed by atoms with E-state index in [0.717, 1.165) is 25.8 Å². The molecule has 1 aliphatic rings. The molecule has 0 saturated carbocycles. The van der Waals surface area contributed by atoms with Gasteiger partial charge in [-0.2, -0.15) is 0 Å². The zero-order valence-electron chi connectivity index (χ0n) is 5.51. The lowest BCUT2D eigenvalue weighted by atomic mass is 10.1. The van der Waals surface area contributed by atoms with Crippen LogP contribution in [0.1, 0.15) is 19.3 Å². The zero-order valence-corrected chi connectivity index (χ0v) is 5.51. The Morgan fingerprint density at radius 3 is 3.00 bits per heavy atom. The average Bonchev–Trinajstić information content (AvgIpc) is 1.99. The second-order valence-electron chi connectivity index (χ2n) is 2.56. The van der Waals surface area contributed by atoms with Gasteiger partial charge in [0, 0.05) is 6.04 Å². The van der Waals surface area contributed by atoms with Crippen molar-refractivity contribution in [3.05, 3.63) is 0 Å². The van der Waals surface area contributed by atoms with E-state index in [-0.39, 0.29) is 6.04 Å². The molecular weight excluding hydrogens is 116 g/mol. The predicted octanol–water partition coefficient (Wildman–Crippen LogP) is -0.594. The molecule has 9 heavy (non-hydrogen) atoms. The molecule has 1 saturated heterocycles. The Morgan fingerprint density at radius 1 is 1.44 bits per heavy atom. The van der Waals surface area contributed by atoms with Gasteiger partial charge in [-0.15, -0.1) is 0 Å². The van der Waals surface area contributed by atoms with Crippen molar-refractivity contribution in [2.45, 2.75) is 31.5 Å². The van der Waals surface area contributed by atoms with Gasteiger partial charge in [-0.1, -0.05) is 6.42 Å². The minimum atomic E-state index is -0.479. The predicted molar refractivity (Wildman–Crippen MR) is 35.8 cm³/mol. The summed E-state index contributed by atoms with van der Waals surface area (Å²) >= 11 is 0. The lowest BCUT2D eigenvalue weighted by Crippen LogP contribution is -2.43. The van der Waals surface area contributed by atoms with Crippen LogP contribution >= 0.6 is 0 Å². The van der Waals surface area contributed by atoms with Crippen LogP contribution in [0.5, 0.6) is 0 Å². The Morgan fingerprint density at radius 2 is 2.22 bits per heavy atom. The molecule has 1 heterocycles. The molecule has 0 radical (unpaired) electrons. The van der Waals surface area contributed by atoms with Crippen molar-refractivity contribution in [2.75, 3.05) is 6.54 Å². The number of hydrogen-bond donors (Lipinski definition) is 3. The first-order valence-corrected chi connectivity index (χ1v) is 3.48. The van der Waals surface area contributed by atoms with Gasteiger partial charge in [-0.3, -0.25) is 5.32 Å². The molecule has 0 bridgehead atoms. The minimum absolute atomic E-state index is 0.0625. The molecule has 3 nitrogen and oxygen atoms in total. The van der Waals surface area contributed by atoms with E-state index in [9.17, 15) is 0 Å². The Balaban J connectivity index is 2.32. The third kappa shape index (κ3) is 1.93. The lowest BCUT2D eigenvalue weighted by molar-refractivity contribution is 0.114. The van der Waals surface area contributed by atoms with Crippen LogP contribution in [0.2, 0.25) is 0 Å².